The molecular formula is C17H17FN4OS. The first-order valence-electron chi connectivity index (χ1n) is 7.42. The monoisotopic (exact) mass is 344 g/mol. The Morgan fingerprint density at radius 2 is 2.04 bits per heavy atom. The molecule has 2 aromatic heterocycles. The van der Waals surface area contributed by atoms with E-state index in [2.05, 4.69) is 20.6 Å². The van der Waals surface area contributed by atoms with Crippen LogP contribution in [0.15, 0.2) is 57.5 Å². The predicted molar refractivity (Wildman–Crippen MR) is 93.3 cm³/mol. The molecule has 2 heterocycles. The van der Waals surface area contributed by atoms with Crippen molar-refractivity contribution in [2.24, 2.45) is 4.99 Å². The summed E-state index contributed by atoms with van der Waals surface area (Å²) in [6, 6.07) is 10.6. The van der Waals surface area contributed by atoms with Crippen molar-refractivity contribution in [2.75, 3.05) is 7.05 Å². The second-order valence-electron chi connectivity index (χ2n) is 4.99. The highest BCUT2D eigenvalue weighted by atomic mass is 32.1. The Bertz CT molecular complexity index is 814. The number of hydrogen-bond acceptors (Lipinski definition) is 4. The molecule has 0 atom stereocenters. The van der Waals surface area contributed by atoms with E-state index in [1.54, 1.807) is 42.8 Å². The van der Waals surface area contributed by atoms with E-state index in [0.717, 1.165) is 10.6 Å². The zero-order valence-electron chi connectivity index (χ0n) is 13.1. The molecule has 24 heavy (non-hydrogen) atoms. The summed E-state index contributed by atoms with van der Waals surface area (Å²) in [6.07, 6.45) is 1.62. The van der Waals surface area contributed by atoms with Crippen LogP contribution in [0.5, 0.6) is 0 Å². The molecule has 0 aliphatic heterocycles. The number of oxazole rings is 1. The lowest BCUT2D eigenvalue weighted by molar-refractivity contribution is 0.573. The van der Waals surface area contributed by atoms with E-state index in [9.17, 15) is 4.39 Å². The highest BCUT2D eigenvalue weighted by Crippen LogP contribution is 2.23. The molecule has 0 unspecified atom stereocenters. The molecular weight excluding hydrogens is 327 g/mol. The van der Waals surface area contributed by atoms with Gasteiger partial charge < -0.3 is 15.1 Å². The summed E-state index contributed by atoms with van der Waals surface area (Å²) in [6.45, 7) is 0.817. The number of aliphatic imine (C=N–C) groups is 1. The summed E-state index contributed by atoms with van der Waals surface area (Å²) in [7, 11) is 1.66. The second kappa shape index (κ2) is 7.74. The van der Waals surface area contributed by atoms with Crippen molar-refractivity contribution in [1.29, 1.82) is 0 Å². The first kappa shape index (κ1) is 16.2. The average Bonchev–Trinajstić information content (AvgIpc) is 3.27. The van der Waals surface area contributed by atoms with Crippen LogP contribution in [0.4, 0.5) is 4.39 Å². The Kier molecular flexibility index (Phi) is 5.22. The maximum Gasteiger partial charge on any atom is 0.236 e. The first-order valence-corrected chi connectivity index (χ1v) is 8.30. The zero-order valence-corrected chi connectivity index (χ0v) is 13.9. The standard InChI is InChI=1S/C17H17FN4OS/c1-19-17(20-9-12-5-2-3-6-14(12)18)21-10-13-11-23-16(22-13)15-7-4-8-24-15/h2-8,11H,9-10H2,1H3,(H2,19,20,21). The largest absolute Gasteiger partial charge is 0.443 e. The van der Waals surface area contributed by atoms with E-state index in [4.69, 9.17) is 4.42 Å². The van der Waals surface area contributed by atoms with Gasteiger partial charge in [0, 0.05) is 19.2 Å². The molecule has 3 aromatic rings. The molecule has 0 radical (unpaired) electrons. The molecule has 0 spiro atoms. The number of nitrogens with one attached hydrogen (secondary N) is 2. The summed E-state index contributed by atoms with van der Waals surface area (Å²) in [5.41, 5.74) is 1.36. The minimum Gasteiger partial charge on any atom is -0.443 e. The zero-order chi connectivity index (χ0) is 16.8. The number of nitrogens with zero attached hydrogens (tertiary/aromatic N) is 2. The highest BCUT2D eigenvalue weighted by Gasteiger charge is 2.08. The number of hydrogen-bond donors (Lipinski definition) is 2. The number of thiophene rings is 1. The Balaban J connectivity index is 1.54. The topological polar surface area (TPSA) is 62.5 Å². The van der Waals surface area contributed by atoms with Crippen molar-refractivity contribution in [3.8, 4) is 10.8 Å². The van der Waals surface area contributed by atoms with Crippen molar-refractivity contribution >= 4 is 17.3 Å². The van der Waals surface area contributed by atoms with Crippen molar-refractivity contribution in [3.63, 3.8) is 0 Å². The molecule has 5 nitrogen and oxygen atoms in total. The van der Waals surface area contributed by atoms with E-state index in [1.807, 2.05) is 17.5 Å². The van der Waals surface area contributed by atoms with Gasteiger partial charge in [-0.25, -0.2) is 9.37 Å². The van der Waals surface area contributed by atoms with E-state index < -0.39 is 0 Å². The van der Waals surface area contributed by atoms with Gasteiger partial charge in [-0.05, 0) is 17.5 Å². The summed E-state index contributed by atoms with van der Waals surface area (Å²) < 4.78 is 19.1. The molecule has 0 aliphatic rings. The smallest absolute Gasteiger partial charge is 0.236 e. The summed E-state index contributed by atoms with van der Waals surface area (Å²) in [5, 5.41) is 8.18. The molecule has 0 aliphatic carbocycles. The van der Waals surface area contributed by atoms with Gasteiger partial charge in [0.15, 0.2) is 5.96 Å². The summed E-state index contributed by atoms with van der Waals surface area (Å²) >= 11 is 1.58. The molecule has 1 aromatic carbocycles. The normalized spacial score (nSPS) is 11.5. The lowest BCUT2D eigenvalue weighted by Crippen LogP contribution is -2.36. The second-order valence-corrected chi connectivity index (χ2v) is 5.94. The molecule has 2 N–H and O–H groups in total. The Morgan fingerprint density at radius 1 is 1.21 bits per heavy atom. The molecule has 0 amide bonds. The third kappa shape index (κ3) is 3.99. The van der Waals surface area contributed by atoms with Crippen LogP contribution < -0.4 is 10.6 Å². The van der Waals surface area contributed by atoms with Crippen LogP contribution in [-0.2, 0) is 13.1 Å². The third-order valence-electron chi connectivity index (χ3n) is 3.35. The van der Waals surface area contributed by atoms with Gasteiger partial charge >= 0.3 is 0 Å². The lowest BCUT2D eigenvalue weighted by atomic mass is 10.2. The molecule has 0 saturated carbocycles. The van der Waals surface area contributed by atoms with E-state index in [0.29, 0.717) is 30.5 Å². The Morgan fingerprint density at radius 3 is 2.79 bits per heavy atom. The molecule has 7 heteroatoms. The van der Waals surface area contributed by atoms with Gasteiger partial charge in [0.1, 0.15) is 12.1 Å². The Hall–Kier alpha value is -2.67. The van der Waals surface area contributed by atoms with Gasteiger partial charge in [0.05, 0.1) is 17.1 Å². The predicted octanol–water partition coefficient (Wildman–Crippen LogP) is 3.41. The maximum atomic E-state index is 13.6. The molecule has 3 rings (SSSR count). The number of aromatic nitrogens is 1. The van der Waals surface area contributed by atoms with Gasteiger partial charge in [-0.2, -0.15) is 0 Å². The van der Waals surface area contributed by atoms with Gasteiger partial charge in [-0.1, -0.05) is 24.3 Å². The Labute approximate surface area is 143 Å². The first-order chi connectivity index (χ1) is 11.8. The SMILES string of the molecule is CN=C(NCc1coc(-c2cccs2)n1)NCc1ccccc1F. The van der Waals surface area contributed by atoms with Crippen LogP contribution in [0.25, 0.3) is 10.8 Å². The fourth-order valence-corrected chi connectivity index (χ4v) is 2.77. The molecule has 0 bridgehead atoms. The van der Waals surface area contributed by atoms with Crippen LogP contribution in [0.1, 0.15) is 11.3 Å². The van der Waals surface area contributed by atoms with E-state index >= 15 is 0 Å². The average molecular weight is 344 g/mol. The summed E-state index contributed by atoms with van der Waals surface area (Å²) in [5.74, 6) is 0.938. The maximum absolute atomic E-state index is 13.6. The minimum atomic E-state index is -0.238. The molecule has 124 valence electrons. The van der Waals surface area contributed by atoms with Gasteiger partial charge in [0.2, 0.25) is 5.89 Å². The number of benzene rings is 1. The van der Waals surface area contributed by atoms with E-state index in [1.165, 1.54) is 6.07 Å². The van der Waals surface area contributed by atoms with Gasteiger partial charge in [0.25, 0.3) is 0 Å². The molecule has 0 fully saturated rings. The van der Waals surface area contributed by atoms with Gasteiger partial charge in [-0.3, -0.25) is 4.99 Å². The van der Waals surface area contributed by atoms with Crippen LogP contribution in [0.2, 0.25) is 0 Å². The molecule has 0 saturated heterocycles. The third-order valence-corrected chi connectivity index (χ3v) is 4.21. The van der Waals surface area contributed by atoms with Crippen molar-refractivity contribution in [1.82, 2.24) is 15.6 Å². The van der Waals surface area contributed by atoms with Crippen molar-refractivity contribution < 1.29 is 8.81 Å². The quantitative estimate of drug-likeness (QED) is 0.550. The number of halogens is 1. The number of guanidine groups is 1. The van der Waals surface area contributed by atoms with Crippen LogP contribution in [-0.4, -0.2) is 18.0 Å². The van der Waals surface area contributed by atoms with Crippen molar-refractivity contribution in [2.45, 2.75) is 13.1 Å². The minimum absolute atomic E-state index is 0.238. The fraction of sp³-hybridized carbons (Fsp3) is 0.176. The van der Waals surface area contributed by atoms with Crippen molar-refractivity contribution in [3.05, 3.63) is 65.1 Å². The van der Waals surface area contributed by atoms with Gasteiger partial charge in [-0.15, -0.1) is 11.3 Å². The fourth-order valence-electron chi connectivity index (χ4n) is 2.12. The van der Waals surface area contributed by atoms with Crippen LogP contribution in [0.3, 0.4) is 0 Å². The van der Waals surface area contributed by atoms with Crippen LogP contribution in [0, 0.1) is 5.82 Å². The van der Waals surface area contributed by atoms with Crippen LogP contribution >= 0.6 is 11.3 Å². The lowest BCUT2D eigenvalue weighted by Gasteiger charge is -2.11. The summed E-state index contributed by atoms with van der Waals surface area (Å²) in [4.78, 5) is 9.54. The highest BCUT2D eigenvalue weighted by molar-refractivity contribution is 7.13. The van der Waals surface area contributed by atoms with E-state index in [-0.39, 0.29) is 5.82 Å². The number of rotatable bonds is 5.